The first-order chi connectivity index (χ1) is 14.4. The van der Waals surface area contributed by atoms with Crippen molar-refractivity contribution in [3.05, 3.63) is 96.1 Å². The Morgan fingerprint density at radius 2 is 1.57 bits per heavy atom. The normalized spacial score (nSPS) is 11.4. The zero-order valence-corrected chi connectivity index (χ0v) is 17.8. The van der Waals surface area contributed by atoms with Crippen molar-refractivity contribution < 1.29 is 13.2 Å². The van der Waals surface area contributed by atoms with E-state index in [0.29, 0.717) is 17.9 Å². The summed E-state index contributed by atoms with van der Waals surface area (Å²) >= 11 is 0. The molecule has 6 heteroatoms. The van der Waals surface area contributed by atoms with Crippen LogP contribution in [0.3, 0.4) is 0 Å². The molecule has 0 fully saturated rings. The number of sulfonamides is 1. The highest BCUT2D eigenvalue weighted by atomic mass is 32.2. The van der Waals surface area contributed by atoms with Gasteiger partial charge in [0.2, 0.25) is 5.91 Å². The average molecular weight is 421 g/mol. The Labute approximate surface area is 177 Å². The molecular formula is C24H24N2O3S. The summed E-state index contributed by atoms with van der Waals surface area (Å²) < 4.78 is 27.4. The predicted molar refractivity (Wildman–Crippen MR) is 122 cm³/mol. The number of para-hydroxylation sites is 1. The molecule has 3 aromatic carbocycles. The average Bonchev–Trinajstić information content (AvgIpc) is 2.75. The van der Waals surface area contributed by atoms with Crippen LogP contribution in [0.1, 0.15) is 18.1 Å². The van der Waals surface area contributed by atoms with Crippen molar-refractivity contribution in [2.24, 2.45) is 0 Å². The molecule has 0 aromatic heterocycles. The molecule has 0 aliphatic carbocycles. The molecule has 0 aliphatic heterocycles. The van der Waals surface area contributed by atoms with Crippen LogP contribution in [-0.2, 0) is 14.8 Å². The lowest BCUT2D eigenvalue weighted by Gasteiger charge is -2.23. The Morgan fingerprint density at radius 1 is 0.933 bits per heavy atom. The number of carbonyl (C=O) groups is 1. The fraction of sp³-hybridized carbons (Fsp3) is 0.125. The summed E-state index contributed by atoms with van der Waals surface area (Å²) in [5, 5.41) is 2.74. The summed E-state index contributed by atoms with van der Waals surface area (Å²) in [5.74, 6) is -0.286. The Hall–Kier alpha value is -3.38. The molecule has 0 atom stereocenters. The van der Waals surface area contributed by atoms with E-state index in [1.807, 2.05) is 37.3 Å². The molecule has 0 heterocycles. The van der Waals surface area contributed by atoms with Gasteiger partial charge in [0, 0.05) is 18.3 Å². The molecule has 0 bridgehead atoms. The van der Waals surface area contributed by atoms with Crippen molar-refractivity contribution in [2.75, 3.05) is 16.2 Å². The number of hydrogen-bond donors (Lipinski definition) is 1. The summed E-state index contributed by atoms with van der Waals surface area (Å²) in [5.41, 5.74) is 3.21. The van der Waals surface area contributed by atoms with Crippen LogP contribution >= 0.6 is 0 Å². The van der Waals surface area contributed by atoms with E-state index < -0.39 is 10.0 Å². The first kappa shape index (κ1) is 21.3. The Kier molecular flexibility index (Phi) is 6.69. The minimum Gasteiger partial charge on any atom is -0.323 e. The van der Waals surface area contributed by atoms with Crippen LogP contribution in [0.2, 0.25) is 0 Å². The minimum absolute atomic E-state index is 0.168. The van der Waals surface area contributed by atoms with Gasteiger partial charge in [-0.2, -0.15) is 0 Å². The number of carbonyl (C=O) groups excluding carboxylic acids is 1. The third-order valence-electron chi connectivity index (χ3n) is 4.55. The van der Waals surface area contributed by atoms with E-state index in [0.717, 1.165) is 11.1 Å². The van der Waals surface area contributed by atoms with Crippen LogP contribution in [0.25, 0.3) is 6.08 Å². The van der Waals surface area contributed by atoms with Gasteiger partial charge in [0.25, 0.3) is 10.0 Å². The SMILES string of the molecule is CCN(c1ccccc1)S(=O)(=O)c1ccc(NC(=O)C=Cc2ccc(C)cc2)cc1. The van der Waals surface area contributed by atoms with Gasteiger partial charge in [0.1, 0.15) is 0 Å². The standard InChI is InChI=1S/C24H24N2O3S/c1-3-26(22-7-5-4-6-8-22)30(28,29)23-16-14-21(15-17-23)25-24(27)18-13-20-11-9-19(2)10-12-20/h4-18H,3H2,1-2H3,(H,25,27). The molecule has 1 N–H and O–H groups in total. The molecule has 0 aliphatic rings. The highest BCUT2D eigenvalue weighted by Crippen LogP contribution is 2.24. The molecule has 0 saturated heterocycles. The first-order valence-electron chi connectivity index (χ1n) is 9.64. The second kappa shape index (κ2) is 9.41. The molecule has 154 valence electrons. The number of aryl methyl sites for hydroxylation is 1. The minimum atomic E-state index is -3.69. The Morgan fingerprint density at radius 3 is 2.17 bits per heavy atom. The number of rotatable bonds is 7. The zero-order valence-electron chi connectivity index (χ0n) is 16.9. The summed E-state index contributed by atoms with van der Waals surface area (Å²) in [7, 11) is -3.69. The highest BCUT2D eigenvalue weighted by molar-refractivity contribution is 7.92. The molecular weight excluding hydrogens is 396 g/mol. The van der Waals surface area contributed by atoms with Gasteiger partial charge in [-0.25, -0.2) is 8.42 Å². The van der Waals surface area contributed by atoms with E-state index in [-0.39, 0.29) is 10.8 Å². The predicted octanol–water partition coefficient (Wildman–Crippen LogP) is 4.86. The third-order valence-corrected chi connectivity index (χ3v) is 6.46. The fourth-order valence-electron chi connectivity index (χ4n) is 2.96. The molecule has 3 rings (SSSR count). The Bertz CT molecular complexity index is 1120. The van der Waals surface area contributed by atoms with E-state index in [1.165, 1.54) is 22.5 Å². The molecule has 0 saturated carbocycles. The van der Waals surface area contributed by atoms with Crippen LogP contribution < -0.4 is 9.62 Å². The van der Waals surface area contributed by atoms with E-state index >= 15 is 0 Å². The Balaban J connectivity index is 1.70. The van der Waals surface area contributed by atoms with Gasteiger partial charge in [-0.15, -0.1) is 0 Å². The molecule has 5 nitrogen and oxygen atoms in total. The number of anilines is 2. The second-order valence-corrected chi connectivity index (χ2v) is 8.63. The lowest BCUT2D eigenvalue weighted by atomic mass is 10.1. The van der Waals surface area contributed by atoms with Crippen molar-refractivity contribution >= 4 is 33.4 Å². The van der Waals surface area contributed by atoms with E-state index in [2.05, 4.69) is 5.32 Å². The highest BCUT2D eigenvalue weighted by Gasteiger charge is 2.23. The van der Waals surface area contributed by atoms with Gasteiger partial charge in [0.15, 0.2) is 0 Å². The summed E-state index contributed by atoms with van der Waals surface area (Å²) in [6, 6.07) is 23.0. The smallest absolute Gasteiger partial charge is 0.264 e. The second-order valence-electron chi connectivity index (χ2n) is 6.76. The van der Waals surface area contributed by atoms with Crippen LogP contribution in [0.15, 0.2) is 89.8 Å². The van der Waals surface area contributed by atoms with Gasteiger partial charge in [0.05, 0.1) is 10.6 Å². The van der Waals surface area contributed by atoms with Crippen LogP contribution in [-0.4, -0.2) is 20.9 Å². The van der Waals surface area contributed by atoms with E-state index in [1.54, 1.807) is 49.4 Å². The van der Waals surface area contributed by atoms with Crippen molar-refractivity contribution in [3.8, 4) is 0 Å². The largest absolute Gasteiger partial charge is 0.323 e. The van der Waals surface area contributed by atoms with Crippen molar-refractivity contribution in [3.63, 3.8) is 0 Å². The van der Waals surface area contributed by atoms with Crippen LogP contribution in [0.5, 0.6) is 0 Å². The number of hydrogen-bond acceptors (Lipinski definition) is 3. The molecule has 0 unspecified atom stereocenters. The lowest BCUT2D eigenvalue weighted by Crippen LogP contribution is -2.30. The topological polar surface area (TPSA) is 66.5 Å². The van der Waals surface area contributed by atoms with Crippen molar-refractivity contribution in [1.29, 1.82) is 0 Å². The van der Waals surface area contributed by atoms with E-state index in [9.17, 15) is 13.2 Å². The fourth-order valence-corrected chi connectivity index (χ4v) is 4.43. The van der Waals surface area contributed by atoms with Crippen molar-refractivity contribution in [2.45, 2.75) is 18.7 Å². The third kappa shape index (κ3) is 5.15. The molecule has 0 radical (unpaired) electrons. The molecule has 30 heavy (non-hydrogen) atoms. The van der Waals surface area contributed by atoms with Gasteiger partial charge < -0.3 is 5.32 Å². The maximum atomic E-state index is 13.0. The zero-order chi connectivity index (χ0) is 21.6. The summed E-state index contributed by atoms with van der Waals surface area (Å²) in [6.07, 6.45) is 3.18. The number of benzene rings is 3. The van der Waals surface area contributed by atoms with Gasteiger partial charge in [-0.3, -0.25) is 9.10 Å². The van der Waals surface area contributed by atoms with Gasteiger partial charge in [-0.05, 0) is 61.9 Å². The first-order valence-corrected chi connectivity index (χ1v) is 11.1. The molecule has 3 aromatic rings. The van der Waals surface area contributed by atoms with E-state index in [4.69, 9.17) is 0 Å². The van der Waals surface area contributed by atoms with Crippen LogP contribution in [0, 0.1) is 6.92 Å². The van der Waals surface area contributed by atoms with Crippen LogP contribution in [0.4, 0.5) is 11.4 Å². The monoisotopic (exact) mass is 420 g/mol. The number of amides is 1. The maximum absolute atomic E-state index is 13.0. The maximum Gasteiger partial charge on any atom is 0.264 e. The molecule has 1 amide bonds. The quantitative estimate of drug-likeness (QED) is 0.555. The summed E-state index contributed by atoms with van der Waals surface area (Å²) in [6.45, 7) is 4.11. The van der Waals surface area contributed by atoms with Crippen molar-refractivity contribution in [1.82, 2.24) is 0 Å². The lowest BCUT2D eigenvalue weighted by molar-refractivity contribution is -0.111. The molecule has 0 spiro atoms. The van der Waals surface area contributed by atoms with Gasteiger partial charge >= 0.3 is 0 Å². The van der Waals surface area contributed by atoms with Gasteiger partial charge in [-0.1, -0.05) is 48.0 Å². The number of nitrogens with one attached hydrogen (secondary N) is 1. The number of nitrogens with zero attached hydrogens (tertiary/aromatic N) is 1. The summed E-state index contributed by atoms with van der Waals surface area (Å²) in [4.78, 5) is 12.3.